The van der Waals surface area contributed by atoms with Crippen molar-refractivity contribution in [1.29, 1.82) is 0 Å². The summed E-state index contributed by atoms with van der Waals surface area (Å²) >= 11 is 0. The van der Waals surface area contributed by atoms with E-state index in [1.54, 1.807) is 0 Å². The Labute approximate surface area is 150 Å². The monoisotopic (exact) mass is 337 g/mol. The molecule has 132 valence electrons. The van der Waals surface area contributed by atoms with Gasteiger partial charge in [-0.3, -0.25) is 10.1 Å². The van der Waals surface area contributed by atoms with E-state index in [0.717, 1.165) is 26.2 Å². The van der Waals surface area contributed by atoms with Gasteiger partial charge in [-0.1, -0.05) is 48.5 Å². The maximum absolute atomic E-state index is 12.8. The number of nitrogens with one attached hydrogen (secondary N) is 1. The summed E-state index contributed by atoms with van der Waals surface area (Å²) in [5, 5.41) is 3.43. The second-order valence-electron chi connectivity index (χ2n) is 6.67. The van der Waals surface area contributed by atoms with Crippen LogP contribution in [0.5, 0.6) is 0 Å². The first-order valence-electron chi connectivity index (χ1n) is 9.05. The van der Waals surface area contributed by atoms with Gasteiger partial charge in [0.15, 0.2) is 0 Å². The lowest BCUT2D eigenvalue weighted by Gasteiger charge is -2.37. The first-order valence-corrected chi connectivity index (χ1v) is 9.05. The normalized spacial score (nSPS) is 17.2. The molecule has 1 amide bonds. The van der Waals surface area contributed by atoms with Gasteiger partial charge in [0.2, 0.25) is 5.91 Å². The maximum Gasteiger partial charge on any atom is 0.239 e. The highest BCUT2D eigenvalue weighted by Crippen LogP contribution is 2.17. The number of carbonyl (C=O) groups is 1. The van der Waals surface area contributed by atoms with Crippen molar-refractivity contribution in [3.8, 4) is 0 Å². The van der Waals surface area contributed by atoms with Gasteiger partial charge in [0.05, 0.1) is 6.04 Å². The highest BCUT2D eigenvalue weighted by atomic mass is 16.2. The Morgan fingerprint density at radius 1 is 0.880 bits per heavy atom. The average Bonchev–Trinajstić information content (AvgIpc) is 2.69. The number of piperazine rings is 1. The van der Waals surface area contributed by atoms with Crippen LogP contribution in [0.25, 0.3) is 0 Å². The molecule has 1 fully saturated rings. The molecule has 1 aliphatic heterocycles. The summed E-state index contributed by atoms with van der Waals surface area (Å²) in [6.45, 7) is 7.39. The number of anilines is 1. The Balaban J connectivity index is 1.52. The highest BCUT2D eigenvalue weighted by Gasteiger charge is 2.25. The summed E-state index contributed by atoms with van der Waals surface area (Å²) in [4.78, 5) is 17.1. The zero-order chi connectivity index (χ0) is 17.6. The molecule has 2 aromatic carbocycles. The molecule has 0 radical (unpaired) electrons. The van der Waals surface area contributed by atoms with Gasteiger partial charge in [-0.05, 0) is 31.5 Å². The third kappa shape index (κ3) is 4.40. The fraction of sp³-hybridized carbons (Fsp3) is 0.381. The minimum atomic E-state index is -0.182. The minimum Gasteiger partial charge on any atom is -0.368 e. The van der Waals surface area contributed by atoms with Gasteiger partial charge in [0.1, 0.15) is 0 Å². The summed E-state index contributed by atoms with van der Waals surface area (Å²) in [6, 6.07) is 20.6. The number of para-hydroxylation sites is 1. The number of hydrogen-bond donors (Lipinski definition) is 1. The molecule has 1 heterocycles. The standard InChI is InChI=1S/C21H27N3O/c1-17(19-9-5-3-6-10-19)22-18(2)21(25)24-15-13-23(14-16-24)20-11-7-4-8-12-20/h3-12,17-18,22H,13-16H2,1-2H3/t17-,18-/m0/s1. The molecule has 2 atom stereocenters. The second kappa shape index (κ2) is 8.17. The predicted molar refractivity (Wildman–Crippen MR) is 103 cm³/mol. The van der Waals surface area contributed by atoms with Crippen LogP contribution >= 0.6 is 0 Å². The van der Waals surface area contributed by atoms with Gasteiger partial charge in [-0.25, -0.2) is 0 Å². The zero-order valence-electron chi connectivity index (χ0n) is 15.1. The first kappa shape index (κ1) is 17.5. The molecule has 1 aliphatic rings. The lowest BCUT2D eigenvalue weighted by atomic mass is 10.1. The largest absolute Gasteiger partial charge is 0.368 e. The first-order chi connectivity index (χ1) is 12.1. The van der Waals surface area contributed by atoms with Crippen LogP contribution in [0.2, 0.25) is 0 Å². The summed E-state index contributed by atoms with van der Waals surface area (Å²) in [5.74, 6) is 0.190. The van der Waals surface area contributed by atoms with Crippen molar-refractivity contribution in [3.63, 3.8) is 0 Å². The number of hydrogen-bond acceptors (Lipinski definition) is 3. The predicted octanol–water partition coefficient (Wildman–Crippen LogP) is 3.07. The van der Waals surface area contributed by atoms with Gasteiger partial charge in [0, 0.05) is 37.9 Å². The Morgan fingerprint density at radius 2 is 1.44 bits per heavy atom. The third-order valence-electron chi connectivity index (χ3n) is 4.88. The van der Waals surface area contributed by atoms with Crippen LogP contribution in [0.1, 0.15) is 25.5 Å². The fourth-order valence-corrected chi connectivity index (χ4v) is 3.38. The van der Waals surface area contributed by atoms with Crippen LogP contribution in [-0.2, 0) is 4.79 Å². The van der Waals surface area contributed by atoms with E-state index in [1.165, 1.54) is 11.3 Å². The summed E-state index contributed by atoms with van der Waals surface area (Å²) in [6.07, 6.45) is 0. The van der Waals surface area contributed by atoms with Gasteiger partial charge < -0.3 is 9.80 Å². The van der Waals surface area contributed by atoms with E-state index in [2.05, 4.69) is 53.5 Å². The molecule has 25 heavy (non-hydrogen) atoms. The number of nitrogens with zero attached hydrogens (tertiary/aromatic N) is 2. The number of rotatable bonds is 5. The fourth-order valence-electron chi connectivity index (χ4n) is 3.38. The molecule has 0 bridgehead atoms. The van der Waals surface area contributed by atoms with Crippen molar-refractivity contribution in [1.82, 2.24) is 10.2 Å². The van der Waals surface area contributed by atoms with E-state index < -0.39 is 0 Å². The molecule has 0 aliphatic carbocycles. The molecule has 2 aromatic rings. The van der Waals surface area contributed by atoms with E-state index in [9.17, 15) is 4.79 Å². The van der Waals surface area contributed by atoms with Crippen LogP contribution in [0.15, 0.2) is 60.7 Å². The molecule has 0 spiro atoms. The van der Waals surface area contributed by atoms with Crippen LogP contribution in [-0.4, -0.2) is 43.0 Å². The lowest BCUT2D eigenvalue weighted by Crippen LogP contribution is -2.53. The smallest absolute Gasteiger partial charge is 0.239 e. The van der Waals surface area contributed by atoms with Crippen molar-refractivity contribution in [2.24, 2.45) is 0 Å². The SMILES string of the molecule is C[C@H](N[C@@H](C)c1ccccc1)C(=O)N1CCN(c2ccccc2)CC1. The van der Waals surface area contributed by atoms with E-state index in [1.807, 2.05) is 36.1 Å². The van der Waals surface area contributed by atoms with Gasteiger partial charge in [-0.15, -0.1) is 0 Å². The summed E-state index contributed by atoms with van der Waals surface area (Å²) in [7, 11) is 0. The van der Waals surface area contributed by atoms with Crippen LogP contribution in [0, 0.1) is 0 Å². The van der Waals surface area contributed by atoms with E-state index >= 15 is 0 Å². The highest BCUT2D eigenvalue weighted by molar-refractivity contribution is 5.81. The summed E-state index contributed by atoms with van der Waals surface area (Å²) in [5.41, 5.74) is 2.44. The molecule has 0 saturated carbocycles. The van der Waals surface area contributed by atoms with E-state index in [0.29, 0.717) is 0 Å². The topological polar surface area (TPSA) is 35.6 Å². The van der Waals surface area contributed by atoms with E-state index in [4.69, 9.17) is 0 Å². The van der Waals surface area contributed by atoms with Crippen molar-refractivity contribution < 1.29 is 4.79 Å². The molecule has 1 N–H and O–H groups in total. The second-order valence-corrected chi connectivity index (χ2v) is 6.67. The van der Waals surface area contributed by atoms with Gasteiger partial charge in [-0.2, -0.15) is 0 Å². The molecule has 1 saturated heterocycles. The molecular weight excluding hydrogens is 310 g/mol. The van der Waals surface area contributed by atoms with Gasteiger partial charge >= 0.3 is 0 Å². The molecular formula is C21H27N3O. The lowest BCUT2D eigenvalue weighted by molar-refractivity contribution is -0.133. The Morgan fingerprint density at radius 3 is 2.04 bits per heavy atom. The molecule has 3 rings (SSSR count). The van der Waals surface area contributed by atoms with E-state index in [-0.39, 0.29) is 18.0 Å². The van der Waals surface area contributed by atoms with Crippen LogP contribution in [0.3, 0.4) is 0 Å². The number of benzene rings is 2. The van der Waals surface area contributed by atoms with Crippen molar-refractivity contribution in [2.45, 2.75) is 25.9 Å². The van der Waals surface area contributed by atoms with Crippen LogP contribution < -0.4 is 10.2 Å². The van der Waals surface area contributed by atoms with Gasteiger partial charge in [0.25, 0.3) is 0 Å². The van der Waals surface area contributed by atoms with Crippen molar-refractivity contribution in [2.75, 3.05) is 31.1 Å². The number of carbonyl (C=O) groups excluding carboxylic acids is 1. The van der Waals surface area contributed by atoms with Crippen molar-refractivity contribution >= 4 is 11.6 Å². The Kier molecular flexibility index (Phi) is 5.71. The molecule has 0 unspecified atom stereocenters. The molecule has 4 nitrogen and oxygen atoms in total. The molecule has 0 aromatic heterocycles. The molecule has 4 heteroatoms. The maximum atomic E-state index is 12.8. The average molecular weight is 337 g/mol. The number of amides is 1. The van der Waals surface area contributed by atoms with Crippen LogP contribution in [0.4, 0.5) is 5.69 Å². The zero-order valence-corrected chi connectivity index (χ0v) is 15.1. The van der Waals surface area contributed by atoms with Crippen molar-refractivity contribution in [3.05, 3.63) is 66.2 Å². The Bertz CT molecular complexity index is 666. The summed E-state index contributed by atoms with van der Waals surface area (Å²) < 4.78 is 0. The quantitative estimate of drug-likeness (QED) is 0.911. The third-order valence-corrected chi connectivity index (χ3v) is 4.88. The Hall–Kier alpha value is -2.33. The minimum absolute atomic E-state index is 0.158.